The Morgan fingerprint density at radius 3 is 2.44 bits per heavy atom. The molecule has 10 nitrogen and oxygen atoms in total. The van der Waals surface area contributed by atoms with E-state index < -0.39 is 32.9 Å². The van der Waals surface area contributed by atoms with E-state index in [1.165, 1.54) is 35.7 Å². The van der Waals surface area contributed by atoms with Crippen molar-refractivity contribution in [2.24, 2.45) is 11.8 Å². The van der Waals surface area contributed by atoms with Gasteiger partial charge < -0.3 is 10.1 Å². The van der Waals surface area contributed by atoms with Crippen LogP contribution < -0.4 is 5.32 Å². The van der Waals surface area contributed by atoms with Gasteiger partial charge >= 0.3 is 5.97 Å². The summed E-state index contributed by atoms with van der Waals surface area (Å²) in [4.78, 5) is 35.2. The van der Waals surface area contributed by atoms with E-state index in [1.807, 2.05) is 0 Å². The number of aryl methyl sites for hydroxylation is 1. The maximum atomic E-state index is 13.1. The lowest BCUT2D eigenvalue weighted by molar-refractivity contribution is -0.385. The van der Waals surface area contributed by atoms with Crippen LogP contribution in [0.1, 0.15) is 57.4 Å². The van der Waals surface area contributed by atoms with E-state index in [9.17, 15) is 28.1 Å². The molecule has 3 rings (SSSR count). The maximum Gasteiger partial charge on any atom is 0.309 e. The first kappa shape index (κ1) is 26.1. The van der Waals surface area contributed by atoms with E-state index >= 15 is 0 Å². The number of nitro groups is 1. The number of piperidine rings is 1. The van der Waals surface area contributed by atoms with Crippen LogP contribution in [-0.2, 0) is 24.3 Å². The molecule has 1 atom stereocenters. The van der Waals surface area contributed by atoms with Gasteiger partial charge in [0.1, 0.15) is 0 Å². The predicted octanol–water partition coefficient (Wildman–Crippen LogP) is 2.93. The van der Waals surface area contributed by atoms with E-state index in [0.717, 1.165) is 18.9 Å². The van der Waals surface area contributed by atoms with E-state index in [4.69, 9.17) is 4.74 Å². The second-order valence-corrected chi connectivity index (χ2v) is 11.1. The third-order valence-corrected chi connectivity index (χ3v) is 8.78. The van der Waals surface area contributed by atoms with Crippen LogP contribution >= 0.6 is 0 Å². The number of hydrogen-bond acceptors (Lipinski definition) is 7. The number of amides is 1. The van der Waals surface area contributed by atoms with Crippen LogP contribution in [0.25, 0.3) is 0 Å². The zero-order valence-electron chi connectivity index (χ0n) is 19.7. The van der Waals surface area contributed by atoms with Crippen molar-refractivity contribution in [3.63, 3.8) is 0 Å². The summed E-state index contributed by atoms with van der Waals surface area (Å²) in [5, 5.41) is 13.9. The van der Waals surface area contributed by atoms with Gasteiger partial charge in [0.15, 0.2) is 6.10 Å². The molecule has 1 saturated heterocycles. The maximum absolute atomic E-state index is 13.1. The molecule has 1 N–H and O–H groups in total. The monoisotopic (exact) mass is 495 g/mol. The van der Waals surface area contributed by atoms with Gasteiger partial charge in [0, 0.05) is 31.8 Å². The lowest BCUT2D eigenvalue weighted by Crippen LogP contribution is -2.43. The number of esters is 1. The Bertz CT molecular complexity index is 1010. The largest absolute Gasteiger partial charge is 0.452 e. The second-order valence-electron chi connectivity index (χ2n) is 9.21. The Balaban J connectivity index is 1.51. The summed E-state index contributed by atoms with van der Waals surface area (Å²) in [5.41, 5.74) is 0.124. The van der Waals surface area contributed by atoms with Crippen molar-refractivity contribution in [1.82, 2.24) is 9.62 Å². The van der Waals surface area contributed by atoms with Crippen molar-refractivity contribution in [2.45, 2.75) is 69.8 Å². The Morgan fingerprint density at radius 1 is 1.18 bits per heavy atom. The molecule has 0 bridgehead atoms. The number of carbonyl (C=O) groups excluding carboxylic acids is 2. The summed E-state index contributed by atoms with van der Waals surface area (Å²) in [7, 11) is -3.94. The topological polar surface area (TPSA) is 136 Å². The molecule has 2 aliphatic rings. The minimum Gasteiger partial charge on any atom is -0.452 e. The molecule has 0 radical (unpaired) electrons. The molecular formula is C23H33N3O7S. The summed E-state index contributed by atoms with van der Waals surface area (Å²) in [5.74, 6) is -0.864. The number of benzene rings is 1. The van der Waals surface area contributed by atoms with E-state index in [0.29, 0.717) is 18.0 Å². The minimum atomic E-state index is -3.94. The lowest BCUT2D eigenvalue weighted by atomic mass is 9.89. The summed E-state index contributed by atoms with van der Waals surface area (Å²) in [6.45, 7) is 3.90. The summed E-state index contributed by atoms with van der Waals surface area (Å²) in [6, 6.07) is 3.75. The molecular weight excluding hydrogens is 462 g/mol. The van der Waals surface area contributed by atoms with Gasteiger partial charge in [0.05, 0.1) is 15.7 Å². The quantitative estimate of drug-likeness (QED) is 0.333. The third-order valence-electron chi connectivity index (χ3n) is 6.74. The Labute approximate surface area is 200 Å². The summed E-state index contributed by atoms with van der Waals surface area (Å²) in [6.07, 6.45) is 5.40. The first-order chi connectivity index (χ1) is 16.1. The summed E-state index contributed by atoms with van der Waals surface area (Å²) >= 11 is 0. The second kappa shape index (κ2) is 11.3. The van der Waals surface area contributed by atoms with Gasteiger partial charge in [-0.25, -0.2) is 8.42 Å². The molecule has 0 spiro atoms. The Morgan fingerprint density at radius 2 is 1.82 bits per heavy atom. The van der Waals surface area contributed by atoms with E-state index in [1.54, 1.807) is 13.8 Å². The molecule has 1 amide bonds. The van der Waals surface area contributed by atoms with Gasteiger partial charge in [-0.05, 0) is 51.0 Å². The highest BCUT2D eigenvalue weighted by atomic mass is 32.2. The average Bonchev–Trinajstić information content (AvgIpc) is 2.83. The highest BCUT2D eigenvalue weighted by Gasteiger charge is 2.35. The number of nitro benzene ring substituents is 1. The molecule has 188 valence electrons. The predicted molar refractivity (Wildman–Crippen MR) is 124 cm³/mol. The molecule has 1 heterocycles. The fourth-order valence-corrected chi connectivity index (χ4v) is 6.27. The molecule has 1 aliphatic carbocycles. The number of sulfonamides is 1. The van der Waals surface area contributed by atoms with Crippen LogP contribution in [0.15, 0.2) is 23.1 Å². The molecule has 0 aromatic heterocycles. The highest BCUT2D eigenvalue weighted by Crippen LogP contribution is 2.29. The number of non-ortho nitro benzene ring substituents is 1. The summed E-state index contributed by atoms with van der Waals surface area (Å²) < 4.78 is 32.7. The number of hydrogen-bond donors (Lipinski definition) is 1. The van der Waals surface area contributed by atoms with Crippen molar-refractivity contribution in [3.05, 3.63) is 33.9 Å². The van der Waals surface area contributed by atoms with Crippen LogP contribution in [0.4, 0.5) is 5.69 Å². The van der Waals surface area contributed by atoms with Crippen molar-refractivity contribution >= 4 is 27.6 Å². The smallest absolute Gasteiger partial charge is 0.309 e. The van der Waals surface area contributed by atoms with Crippen LogP contribution in [0, 0.1) is 28.9 Å². The molecule has 34 heavy (non-hydrogen) atoms. The molecule has 2 fully saturated rings. The molecule has 0 unspecified atom stereocenters. The SMILES string of the molecule is Cc1ccc([N+](=O)[O-])cc1S(=O)(=O)N1CCC(C(=O)O[C@H](C)C(=O)NCC2CCCCC2)CC1. The Hall–Kier alpha value is -2.53. The van der Waals surface area contributed by atoms with Gasteiger partial charge in [-0.1, -0.05) is 25.3 Å². The fraction of sp³-hybridized carbons (Fsp3) is 0.652. The van der Waals surface area contributed by atoms with E-state index in [2.05, 4.69) is 5.32 Å². The molecule has 11 heteroatoms. The van der Waals surface area contributed by atoms with Gasteiger partial charge in [-0.3, -0.25) is 19.7 Å². The zero-order chi connectivity index (χ0) is 24.9. The number of nitrogens with zero attached hydrogens (tertiary/aromatic N) is 2. The number of ether oxygens (including phenoxy) is 1. The van der Waals surface area contributed by atoms with Crippen molar-refractivity contribution < 1.29 is 27.7 Å². The van der Waals surface area contributed by atoms with Crippen molar-refractivity contribution in [2.75, 3.05) is 19.6 Å². The van der Waals surface area contributed by atoms with Crippen LogP contribution in [0.5, 0.6) is 0 Å². The zero-order valence-corrected chi connectivity index (χ0v) is 20.5. The fourth-order valence-electron chi connectivity index (χ4n) is 4.56. The number of carbonyl (C=O) groups is 2. The molecule has 1 aromatic carbocycles. The minimum absolute atomic E-state index is 0.0898. The third kappa shape index (κ3) is 6.32. The average molecular weight is 496 g/mol. The standard InChI is InChI=1S/C23H33N3O7S/c1-16-8-9-20(26(29)30)14-21(16)34(31,32)25-12-10-19(11-13-25)23(28)33-17(2)22(27)24-15-18-6-4-3-5-7-18/h8-9,14,17-19H,3-7,10-13,15H2,1-2H3,(H,24,27)/t17-/m1/s1. The van der Waals surface area contributed by atoms with Crippen LogP contribution in [-0.4, -0.2) is 55.3 Å². The first-order valence-electron chi connectivity index (χ1n) is 11.8. The van der Waals surface area contributed by atoms with Crippen molar-refractivity contribution in [1.29, 1.82) is 0 Å². The first-order valence-corrected chi connectivity index (χ1v) is 13.3. The van der Waals surface area contributed by atoms with Gasteiger partial charge in [-0.2, -0.15) is 4.31 Å². The van der Waals surface area contributed by atoms with Crippen LogP contribution in [0.3, 0.4) is 0 Å². The highest BCUT2D eigenvalue weighted by molar-refractivity contribution is 7.89. The van der Waals surface area contributed by atoms with Gasteiger partial charge in [-0.15, -0.1) is 0 Å². The molecule has 1 saturated carbocycles. The van der Waals surface area contributed by atoms with E-state index in [-0.39, 0.29) is 42.4 Å². The van der Waals surface area contributed by atoms with Gasteiger partial charge in [0.2, 0.25) is 10.0 Å². The van der Waals surface area contributed by atoms with Gasteiger partial charge in [0.25, 0.3) is 11.6 Å². The normalized spacial score (nSPS) is 19.4. The number of nitrogens with one attached hydrogen (secondary N) is 1. The van der Waals surface area contributed by atoms with Crippen molar-refractivity contribution in [3.8, 4) is 0 Å². The molecule has 1 aliphatic heterocycles. The van der Waals surface area contributed by atoms with Crippen LogP contribution in [0.2, 0.25) is 0 Å². The number of rotatable bonds is 8. The Kier molecular flexibility index (Phi) is 8.64. The lowest BCUT2D eigenvalue weighted by Gasteiger charge is -2.31. The molecule has 1 aromatic rings.